The molecule has 0 amide bonds. The summed E-state index contributed by atoms with van der Waals surface area (Å²) in [4.78, 5) is 6.91. The van der Waals surface area contributed by atoms with Gasteiger partial charge in [-0.15, -0.1) is 11.3 Å². The van der Waals surface area contributed by atoms with Gasteiger partial charge < -0.3 is 0 Å². The number of pyridine rings is 1. The maximum absolute atomic E-state index is 5.70. The Labute approximate surface area is 112 Å². The van der Waals surface area contributed by atoms with Crippen molar-refractivity contribution in [2.75, 3.05) is 0 Å². The quantitative estimate of drug-likeness (QED) is 0.643. The van der Waals surface area contributed by atoms with Crippen LogP contribution < -0.4 is 11.3 Å². The minimum absolute atomic E-state index is 0.149. The van der Waals surface area contributed by atoms with E-state index in [1.165, 1.54) is 20.9 Å². The summed E-state index contributed by atoms with van der Waals surface area (Å²) in [7, 11) is 0. The Morgan fingerprint density at radius 1 is 1.33 bits per heavy atom. The lowest BCUT2D eigenvalue weighted by Gasteiger charge is -2.17. The summed E-state index contributed by atoms with van der Waals surface area (Å²) in [5, 5.41) is 0. The van der Waals surface area contributed by atoms with Crippen molar-refractivity contribution < 1.29 is 0 Å². The molecule has 1 atom stereocenters. The molecule has 0 spiro atoms. The first kappa shape index (κ1) is 13.2. The number of rotatable bonds is 5. The van der Waals surface area contributed by atoms with Crippen LogP contribution in [0.5, 0.6) is 0 Å². The van der Waals surface area contributed by atoms with Gasteiger partial charge in [0.05, 0.1) is 6.04 Å². The monoisotopic (exact) mass is 261 g/mol. The number of aromatic nitrogens is 1. The number of nitrogens with one attached hydrogen (secondary N) is 1. The first-order valence-electron chi connectivity index (χ1n) is 6.18. The Morgan fingerprint density at radius 2 is 2.11 bits per heavy atom. The molecule has 2 heterocycles. The number of hydrazine groups is 1. The molecule has 96 valence electrons. The normalized spacial score (nSPS) is 12.6. The molecular formula is C14H19N3S. The molecule has 0 saturated carbocycles. The first-order valence-corrected chi connectivity index (χ1v) is 7.00. The maximum Gasteiger partial charge on any atom is 0.0511 e. The molecule has 3 N–H and O–H groups in total. The smallest absolute Gasteiger partial charge is 0.0511 e. The molecule has 0 radical (unpaired) electrons. The van der Waals surface area contributed by atoms with E-state index < -0.39 is 0 Å². The highest BCUT2D eigenvalue weighted by atomic mass is 32.1. The zero-order chi connectivity index (χ0) is 13.0. The lowest BCUT2D eigenvalue weighted by Crippen LogP contribution is -2.29. The van der Waals surface area contributed by atoms with Crippen molar-refractivity contribution in [2.24, 2.45) is 5.84 Å². The molecule has 4 heteroatoms. The predicted molar refractivity (Wildman–Crippen MR) is 76.4 cm³/mol. The molecule has 0 aliphatic heterocycles. The molecule has 0 aliphatic carbocycles. The Morgan fingerprint density at radius 3 is 2.72 bits per heavy atom. The first-order chi connectivity index (χ1) is 8.74. The minimum Gasteiger partial charge on any atom is -0.271 e. The van der Waals surface area contributed by atoms with Gasteiger partial charge in [-0.05, 0) is 42.7 Å². The van der Waals surface area contributed by atoms with Crippen molar-refractivity contribution in [3.8, 4) is 0 Å². The fourth-order valence-corrected chi connectivity index (χ4v) is 3.06. The van der Waals surface area contributed by atoms with E-state index >= 15 is 0 Å². The van der Waals surface area contributed by atoms with E-state index in [0.29, 0.717) is 0 Å². The van der Waals surface area contributed by atoms with Crippen molar-refractivity contribution in [1.82, 2.24) is 10.4 Å². The van der Waals surface area contributed by atoms with E-state index in [1.807, 2.05) is 29.8 Å². The highest BCUT2D eigenvalue weighted by Gasteiger charge is 2.13. The fourth-order valence-electron chi connectivity index (χ4n) is 2.06. The van der Waals surface area contributed by atoms with E-state index in [0.717, 1.165) is 12.8 Å². The van der Waals surface area contributed by atoms with Gasteiger partial charge in [0.1, 0.15) is 0 Å². The third-order valence-electron chi connectivity index (χ3n) is 3.11. The van der Waals surface area contributed by atoms with Gasteiger partial charge >= 0.3 is 0 Å². The average Bonchev–Trinajstić information content (AvgIpc) is 2.85. The fraction of sp³-hybridized carbons (Fsp3) is 0.357. The van der Waals surface area contributed by atoms with Gasteiger partial charge in [-0.2, -0.15) is 0 Å². The van der Waals surface area contributed by atoms with Crippen LogP contribution >= 0.6 is 11.3 Å². The summed E-state index contributed by atoms with van der Waals surface area (Å²) >= 11 is 1.87. The Hall–Kier alpha value is -1.23. The second-order valence-corrected chi connectivity index (χ2v) is 5.63. The second kappa shape index (κ2) is 6.09. The lowest BCUT2D eigenvalue weighted by molar-refractivity contribution is 0.552. The largest absolute Gasteiger partial charge is 0.271 e. The van der Waals surface area contributed by atoms with Gasteiger partial charge in [0.15, 0.2) is 0 Å². The Balaban J connectivity index is 2.17. The van der Waals surface area contributed by atoms with Crippen LogP contribution in [-0.2, 0) is 12.8 Å². The highest BCUT2D eigenvalue weighted by Crippen LogP contribution is 2.25. The van der Waals surface area contributed by atoms with Crippen LogP contribution in [0.3, 0.4) is 0 Å². The highest BCUT2D eigenvalue weighted by molar-refractivity contribution is 7.11. The molecule has 0 fully saturated rings. The molecule has 1 unspecified atom stereocenters. The van der Waals surface area contributed by atoms with Crippen molar-refractivity contribution in [3.05, 3.63) is 51.5 Å². The van der Waals surface area contributed by atoms with Crippen molar-refractivity contribution >= 4 is 11.3 Å². The Kier molecular flexibility index (Phi) is 4.47. The standard InChI is InChI=1S/C14H19N3S/c1-3-11-4-5-12(18-11)8-14(17-15)13-6-7-16-9-10(13)2/h4-7,9,14,17H,3,8,15H2,1-2H3. The number of nitrogens with zero attached hydrogens (tertiary/aromatic N) is 1. The van der Waals surface area contributed by atoms with Crippen LogP contribution in [0.15, 0.2) is 30.6 Å². The van der Waals surface area contributed by atoms with Crippen molar-refractivity contribution in [1.29, 1.82) is 0 Å². The molecule has 0 saturated heterocycles. The molecule has 2 aromatic rings. The molecular weight excluding hydrogens is 242 g/mol. The summed E-state index contributed by atoms with van der Waals surface area (Å²) in [5.74, 6) is 5.70. The second-order valence-electron chi connectivity index (χ2n) is 4.38. The van der Waals surface area contributed by atoms with E-state index in [2.05, 4.69) is 36.4 Å². The molecule has 3 nitrogen and oxygen atoms in total. The van der Waals surface area contributed by atoms with Gasteiger partial charge in [0.2, 0.25) is 0 Å². The van der Waals surface area contributed by atoms with Crippen LogP contribution in [-0.4, -0.2) is 4.98 Å². The van der Waals surface area contributed by atoms with E-state index in [-0.39, 0.29) is 6.04 Å². The number of hydrogen-bond acceptors (Lipinski definition) is 4. The molecule has 2 aromatic heterocycles. The molecule has 18 heavy (non-hydrogen) atoms. The van der Waals surface area contributed by atoms with E-state index in [4.69, 9.17) is 5.84 Å². The molecule has 2 rings (SSSR count). The zero-order valence-corrected chi connectivity index (χ0v) is 11.6. The molecule has 0 aliphatic rings. The topological polar surface area (TPSA) is 50.9 Å². The third-order valence-corrected chi connectivity index (χ3v) is 4.36. The summed E-state index contributed by atoms with van der Waals surface area (Å²) in [6.45, 7) is 4.25. The van der Waals surface area contributed by atoms with Gasteiger partial charge in [0.25, 0.3) is 0 Å². The zero-order valence-electron chi connectivity index (χ0n) is 10.8. The minimum atomic E-state index is 0.149. The van der Waals surface area contributed by atoms with Crippen LogP contribution in [0.25, 0.3) is 0 Å². The van der Waals surface area contributed by atoms with Crippen LogP contribution in [0.1, 0.15) is 33.8 Å². The third kappa shape index (κ3) is 2.96. The van der Waals surface area contributed by atoms with Gasteiger partial charge in [0, 0.05) is 28.6 Å². The average molecular weight is 261 g/mol. The predicted octanol–water partition coefficient (Wildman–Crippen LogP) is 2.76. The van der Waals surface area contributed by atoms with E-state index in [1.54, 1.807) is 0 Å². The van der Waals surface area contributed by atoms with Gasteiger partial charge in [-0.3, -0.25) is 16.3 Å². The number of aryl methyl sites for hydroxylation is 2. The summed E-state index contributed by atoms with van der Waals surface area (Å²) in [6.07, 6.45) is 5.72. The summed E-state index contributed by atoms with van der Waals surface area (Å²) in [5.41, 5.74) is 5.31. The molecule has 0 aromatic carbocycles. The number of nitrogens with two attached hydrogens (primary N) is 1. The number of hydrogen-bond donors (Lipinski definition) is 2. The number of thiophene rings is 1. The maximum atomic E-state index is 5.70. The molecule has 0 bridgehead atoms. The SMILES string of the molecule is CCc1ccc(CC(NN)c2ccncc2C)s1. The van der Waals surface area contributed by atoms with Crippen molar-refractivity contribution in [3.63, 3.8) is 0 Å². The van der Waals surface area contributed by atoms with Crippen LogP contribution in [0.4, 0.5) is 0 Å². The summed E-state index contributed by atoms with van der Waals surface area (Å²) < 4.78 is 0. The van der Waals surface area contributed by atoms with E-state index in [9.17, 15) is 0 Å². The summed E-state index contributed by atoms with van der Waals surface area (Å²) in [6, 6.07) is 6.59. The Bertz CT molecular complexity index is 507. The van der Waals surface area contributed by atoms with Crippen LogP contribution in [0, 0.1) is 6.92 Å². The van der Waals surface area contributed by atoms with Gasteiger partial charge in [-0.25, -0.2) is 0 Å². The van der Waals surface area contributed by atoms with Crippen molar-refractivity contribution in [2.45, 2.75) is 32.7 Å². The lowest BCUT2D eigenvalue weighted by atomic mass is 10.0. The van der Waals surface area contributed by atoms with Crippen LogP contribution in [0.2, 0.25) is 0 Å². The van der Waals surface area contributed by atoms with Gasteiger partial charge in [-0.1, -0.05) is 6.92 Å².